The first-order chi connectivity index (χ1) is 8.11. The van der Waals surface area contributed by atoms with Gasteiger partial charge in [0.1, 0.15) is 0 Å². The Hall–Kier alpha value is -1.55. The number of hydrogen-bond acceptors (Lipinski definition) is 3. The van der Waals surface area contributed by atoms with Crippen molar-refractivity contribution in [1.82, 2.24) is 4.90 Å². The molecule has 1 saturated heterocycles. The van der Waals surface area contributed by atoms with Crippen molar-refractivity contribution in [1.29, 1.82) is 0 Å². The molecule has 3 nitrogen and oxygen atoms in total. The van der Waals surface area contributed by atoms with Crippen LogP contribution < -0.4 is 0 Å². The summed E-state index contributed by atoms with van der Waals surface area (Å²) in [6.07, 6.45) is 0. The van der Waals surface area contributed by atoms with E-state index < -0.39 is 0 Å². The molecular formula is C13H13NO2S. The van der Waals surface area contributed by atoms with E-state index in [1.165, 1.54) is 4.90 Å². The monoisotopic (exact) mass is 247 g/mol. The Kier molecular flexibility index (Phi) is 3.33. The summed E-state index contributed by atoms with van der Waals surface area (Å²) in [5, 5.41) is -0.185. The molecule has 88 valence electrons. The highest BCUT2D eigenvalue weighted by Gasteiger charge is 2.33. The Labute approximate surface area is 104 Å². The third kappa shape index (κ3) is 2.26. The van der Waals surface area contributed by atoms with Gasteiger partial charge in [-0.2, -0.15) is 0 Å². The van der Waals surface area contributed by atoms with Crippen LogP contribution in [0.15, 0.2) is 35.9 Å². The molecular weight excluding hydrogens is 234 g/mol. The largest absolute Gasteiger partial charge is 0.293 e. The van der Waals surface area contributed by atoms with Crippen molar-refractivity contribution in [3.63, 3.8) is 0 Å². The number of rotatable bonds is 2. The molecule has 0 unspecified atom stereocenters. The van der Waals surface area contributed by atoms with Crippen molar-refractivity contribution in [3.05, 3.63) is 41.5 Å². The average Bonchev–Trinajstić information content (AvgIpc) is 2.62. The van der Waals surface area contributed by atoms with Gasteiger partial charge < -0.3 is 0 Å². The van der Waals surface area contributed by atoms with Crippen molar-refractivity contribution in [2.24, 2.45) is 0 Å². The molecule has 0 aromatic heterocycles. The van der Waals surface area contributed by atoms with Crippen LogP contribution in [0.2, 0.25) is 0 Å². The smallest absolute Gasteiger partial charge is 0.273 e. The van der Waals surface area contributed by atoms with Gasteiger partial charge in [0.25, 0.3) is 5.24 Å². The molecule has 0 spiro atoms. The maximum Gasteiger partial charge on any atom is 0.293 e. The number of allylic oxidation sites excluding steroid dienone is 1. The predicted molar refractivity (Wildman–Crippen MR) is 69.4 cm³/mol. The molecule has 1 heterocycles. The third-order valence-electron chi connectivity index (χ3n) is 2.50. The van der Waals surface area contributed by atoms with Crippen LogP contribution in [0.1, 0.15) is 19.4 Å². The van der Waals surface area contributed by atoms with E-state index in [0.29, 0.717) is 5.70 Å². The second kappa shape index (κ2) is 4.75. The molecule has 4 heteroatoms. The molecule has 17 heavy (non-hydrogen) atoms. The highest BCUT2D eigenvalue weighted by molar-refractivity contribution is 8.14. The zero-order valence-electron chi connectivity index (χ0n) is 9.77. The number of benzene rings is 1. The minimum absolute atomic E-state index is 0.139. The molecule has 1 aliphatic heterocycles. The molecule has 0 aliphatic carbocycles. The van der Waals surface area contributed by atoms with Gasteiger partial charge in [0, 0.05) is 0 Å². The van der Waals surface area contributed by atoms with E-state index in [2.05, 4.69) is 0 Å². The van der Waals surface area contributed by atoms with Gasteiger partial charge in [-0.15, -0.1) is 0 Å². The lowest BCUT2D eigenvalue weighted by Gasteiger charge is -2.19. The van der Waals surface area contributed by atoms with Crippen LogP contribution in [-0.2, 0) is 4.79 Å². The summed E-state index contributed by atoms with van der Waals surface area (Å²) in [7, 11) is 0. The highest BCUT2D eigenvalue weighted by Crippen LogP contribution is 2.31. The van der Waals surface area contributed by atoms with Crippen molar-refractivity contribution in [3.8, 4) is 0 Å². The van der Waals surface area contributed by atoms with E-state index in [9.17, 15) is 9.59 Å². The molecule has 1 aliphatic rings. The van der Waals surface area contributed by atoms with Crippen LogP contribution in [0, 0.1) is 0 Å². The van der Waals surface area contributed by atoms with E-state index in [1.54, 1.807) is 0 Å². The van der Waals surface area contributed by atoms with Crippen molar-refractivity contribution in [2.75, 3.05) is 5.75 Å². The molecule has 2 rings (SSSR count). The van der Waals surface area contributed by atoms with Gasteiger partial charge in [0.15, 0.2) is 0 Å². The van der Waals surface area contributed by atoms with Crippen LogP contribution in [-0.4, -0.2) is 21.8 Å². The summed E-state index contributed by atoms with van der Waals surface area (Å²) >= 11 is 1.06. The van der Waals surface area contributed by atoms with Gasteiger partial charge in [0.05, 0.1) is 11.4 Å². The van der Waals surface area contributed by atoms with Crippen LogP contribution in [0.25, 0.3) is 5.70 Å². The lowest BCUT2D eigenvalue weighted by Crippen LogP contribution is -2.27. The fraction of sp³-hybridized carbons (Fsp3) is 0.231. The number of carbonyl (C=O) groups excluding carboxylic acids is 2. The number of nitrogens with zero attached hydrogens (tertiary/aromatic N) is 1. The Bertz CT molecular complexity index is 473. The van der Waals surface area contributed by atoms with E-state index in [1.807, 2.05) is 44.2 Å². The van der Waals surface area contributed by atoms with E-state index in [4.69, 9.17) is 0 Å². The van der Waals surface area contributed by atoms with Gasteiger partial charge in [-0.05, 0) is 19.4 Å². The molecule has 0 radical (unpaired) electrons. The molecule has 2 amide bonds. The van der Waals surface area contributed by atoms with E-state index in [0.717, 1.165) is 22.9 Å². The quantitative estimate of drug-likeness (QED) is 0.805. The van der Waals surface area contributed by atoms with E-state index in [-0.39, 0.29) is 16.9 Å². The number of amides is 2. The fourth-order valence-electron chi connectivity index (χ4n) is 1.81. The SMILES string of the molecule is CC(C)=C(c1ccccc1)N1C(=O)CSC1=O. The maximum atomic E-state index is 11.8. The summed E-state index contributed by atoms with van der Waals surface area (Å²) < 4.78 is 0. The average molecular weight is 247 g/mol. The van der Waals surface area contributed by atoms with Crippen molar-refractivity contribution in [2.45, 2.75) is 13.8 Å². The first kappa shape index (κ1) is 11.9. The van der Waals surface area contributed by atoms with E-state index >= 15 is 0 Å². The molecule has 0 saturated carbocycles. The predicted octanol–water partition coefficient (Wildman–Crippen LogP) is 3.13. The Morgan fingerprint density at radius 1 is 1.18 bits per heavy atom. The zero-order chi connectivity index (χ0) is 12.4. The van der Waals surface area contributed by atoms with Gasteiger partial charge in [-0.1, -0.05) is 47.7 Å². The maximum absolute atomic E-state index is 11.8. The Balaban J connectivity index is 2.49. The normalized spacial score (nSPS) is 15.3. The molecule has 1 fully saturated rings. The van der Waals surface area contributed by atoms with Gasteiger partial charge >= 0.3 is 0 Å². The first-order valence-electron chi connectivity index (χ1n) is 5.34. The van der Waals surface area contributed by atoms with Gasteiger partial charge in [-0.3, -0.25) is 9.59 Å². The number of carbonyl (C=O) groups is 2. The second-order valence-corrected chi connectivity index (χ2v) is 4.92. The van der Waals surface area contributed by atoms with Crippen LogP contribution in [0.5, 0.6) is 0 Å². The summed E-state index contributed by atoms with van der Waals surface area (Å²) in [5.41, 5.74) is 2.57. The summed E-state index contributed by atoms with van der Waals surface area (Å²) in [6.45, 7) is 3.82. The molecule has 1 aromatic carbocycles. The first-order valence-corrected chi connectivity index (χ1v) is 6.32. The fourth-order valence-corrected chi connectivity index (χ4v) is 2.51. The highest BCUT2D eigenvalue weighted by atomic mass is 32.2. The lowest BCUT2D eigenvalue weighted by molar-refractivity contribution is -0.122. The minimum atomic E-state index is -0.185. The zero-order valence-corrected chi connectivity index (χ0v) is 10.6. The topological polar surface area (TPSA) is 37.4 Å². The molecule has 0 bridgehead atoms. The standard InChI is InChI=1S/C13H13NO2S/c1-9(2)12(10-6-4-3-5-7-10)14-11(15)8-17-13(14)16/h3-7H,8H2,1-2H3. The summed E-state index contributed by atoms with van der Waals surface area (Å²) in [4.78, 5) is 24.8. The van der Waals surface area contributed by atoms with Crippen molar-refractivity contribution < 1.29 is 9.59 Å². The van der Waals surface area contributed by atoms with Crippen molar-refractivity contribution >= 4 is 28.6 Å². The Morgan fingerprint density at radius 2 is 1.82 bits per heavy atom. The van der Waals surface area contributed by atoms with Crippen LogP contribution in [0.3, 0.4) is 0 Å². The second-order valence-electron chi connectivity index (χ2n) is 4.00. The third-order valence-corrected chi connectivity index (χ3v) is 3.32. The number of hydrogen-bond donors (Lipinski definition) is 0. The van der Waals surface area contributed by atoms with Crippen LogP contribution >= 0.6 is 11.8 Å². The minimum Gasteiger partial charge on any atom is -0.273 e. The molecule has 1 aromatic rings. The molecule has 0 atom stereocenters. The lowest BCUT2D eigenvalue weighted by atomic mass is 10.1. The Morgan fingerprint density at radius 3 is 2.29 bits per heavy atom. The van der Waals surface area contributed by atoms with Crippen LogP contribution in [0.4, 0.5) is 4.79 Å². The number of imide groups is 1. The van der Waals surface area contributed by atoms with Gasteiger partial charge in [-0.25, -0.2) is 4.90 Å². The summed E-state index contributed by atoms with van der Waals surface area (Å²) in [6, 6.07) is 9.53. The summed E-state index contributed by atoms with van der Waals surface area (Å²) in [5.74, 6) is 0.0997. The number of thioether (sulfide) groups is 1. The molecule has 0 N–H and O–H groups in total. The van der Waals surface area contributed by atoms with Gasteiger partial charge in [0.2, 0.25) is 5.91 Å².